The molecule has 0 aromatic carbocycles. The fraction of sp³-hybridized carbons (Fsp3) is 0.800. The van der Waals surface area contributed by atoms with Gasteiger partial charge in [-0.2, -0.15) is 5.06 Å². The normalized spacial score (nSPS) is 22.2. The van der Waals surface area contributed by atoms with Gasteiger partial charge in [0.05, 0.1) is 4.75 Å². The highest BCUT2D eigenvalue weighted by Gasteiger charge is 2.48. The number of hydrogen-bond acceptors (Lipinski definition) is 5. The number of hydrogen-bond donors (Lipinski definition) is 3. The second-order valence-corrected chi connectivity index (χ2v) is 6.97. The summed E-state index contributed by atoms with van der Waals surface area (Å²) < 4.78 is 0.00767. The number of urea groups is 1. The molecule has 0 bridgehead atoms. The van der Waals surface area contributed by atoms with Crippen LogP contribution in [0, 0.1) is 0 Å². The van der Waals surface area contributed by atoms with Crippen LogP contribution in [0.4, 0.5) is 4.79 Å². The lowest BCUT2D eigenvalue weighted by Crippen LogP contribution is -2.58. The van der Waals surface area contributed by atoms with Crippen LogP contribution in [-0.2, 0) is 0 Å². The van der Waals surface area contributed by atoms with Crippen molar-refractivity contribution in [3.63, 3.8) is 0 Å². The maximum atomic E-state index is 11.8. The predicted molar refractivity (Wildman–Crippen MR) is 76.0 cm³/mol. The summed E-state index contributed by atoms with van der Waals surface area (Å²) in [5.41, 5.74) is 0. The van der Waals surface area contributed by atoms with Crippen LogP contribution in [0.3, 0.4) is 0 Å². The first-order valence-corrected chi connectivity index (χ1v) is 7.06. The molecular formula is C10H20N4O2S2. The fourth-order valence-electron chi connectivity index (χ4n) is 1.74. The summed E-state index contributed by atoms with van der Waals surface area (Å²) in [7, 11) is 0. The van der Waals surface area contributed by atoms with Gasteiger partial charge in [0.1, 0.15) is 0 Å². The van der Waals surface area contributed by atoms with E-state index in [1.807, 2.05) is 20.8 Å². The lowest BCUT2D eigenvalue weighted by Gasteiger charge is -2.34. The number of amides is 2. The van der Waals surface area contributed by atoms with Crippen molar-refractivity contribution < 1.29 is 10.0 Å². The van der Waals surface area contributed by atoms with Gasteiger partial charge in [0, 0.05) is 6.54 Å². The van der Waals surface area contributed by atoms with E-state index in [9.17, 15) is 10.0 Å². The molecule has 4 N–H and O–H groups in total. The Morgan fingerprint density at radius 3 is 2.78 bits per heavy atom. The minimum absolute atomic E-state index is 0.456. The Morgan fingerprint density at radius 2 is 2.33 bits per heavy atom. The van der Waals surface area contributed by atoms with Crippen LogP contribution in [-0.4, -0.2) is 43.1 Å². The molecule has 1 rings (SSSR count). The molecule has 0 aromatic heterocycles. The summed E-state index contributed by atoms with van der Waals surface area (Å²) in [5, 5.41) is 14.5. The Morgan fingerprint density at radius 1 is 1.72 bits per heavy atom. The Labute approximate surface area is 117 Å². The average Bonchev–Trinajstić information content (AvgIpc) is 2.47. The second-order valence-electron chi connectivity index (χ2n) is 4.68. The van der Waals surface area contributed by atoms with Crippen molar-refractivity contribution in [1.82, 2.24) is 15.4 Å². The zero-order chi connectivity index (χ0) is 13.9. The average molecular weight is 292 g/mol. The van der Waals surface area contributed by atoms with E-state index in [0.29, 0.717) is 15.9 Å². The minimum atomic E-state index is -0.670. The van der Waals surface area contributed by atoms with Gasteiger partial charge in [-0.25, -0.2) is 10.6 Å². The number of carbonyl (C=O) groups excluding carboxylic acids is 1. The van der Waals surface area contributed by atoms with Crippen molar-refractivity contribution in [2.45, 2.75) is 44.5 Å². The van der Waals surface area contributed by atoms with Gasteiger partial charge in [-0.05, 0) is 20.3 Å². The van der Waals surface area contributed by atoms with Crippen LogP contribution in [0.5, 0.6) is 0 Å². The van der Waals surface area contributed by atoms with E-state index in [-0.39, 0.29) is 0 Å². The highest BCUT2D eigenvalue weighted by molar-refractivity contribution is 8.24. The summed E-state index contributed by atoms with van der Waals surface area (Å²) in [5.74, 6) is 5.78. The lowest BCUT2D eigenvalue weighted by atomic mass is 10.1. The molecule has 6 nitrogen and oxygen atoms in total. The number of nitrogens with one attached hydrogen (secondary N) is 1. The Kier molecular flexibility index (Phi) is 5.20. The van der Waals surface area contributed by atoms with Gasteiger partial charge in [0.2, 0.25) is 0 Å². The number of hydroxylamine groups is 2. The van der Waals surface area contributed by atoms with Crippen molar-refractivity contribution in [3.05, 3.63) is 0 Å². The molecule has 2 amide bonds. The van der Waals surface area contributed by atoms with Crippen LogP contribution in [0.25, 0.3) is 0 Å². The van der Waals surface area contributed by atoms with Gasteiger partial charge < -0.3 is 5.32 Å². The molecule has 0 unspecified atom stereocenters. The first kappa shape index (κ1) is 15.5. The summed E-state index contributed by atoms with van der Waals surface area (Å²) in [6.45, 7) is 6.31. The number of thiocarbonyl (C=S) groups is 1. The molecule has 0 saturated carbocycles. The highest BCUT2D eigenvalue weighted by Crippen LogP contribution is 2.40. The number of hydrazine groups is 1. The number of rotatable bonds is 4. The minimum Gasteiger partial charge on any atom is -0.336 e. The molecule has 1 atom stereocenters. The van der Waals surface area contributed by atoms with E-state index in [2.05, 4.69) is 5.32 Å². The SMILES string of the molecule is CCCCNC(=O)N(O)[C@@H]1N(N)C(=S)SC1(C)C. The third kappa shape index (κ3) is 3.25. The largest absolute Gasteiger partial charge is 0.343 e. The topological polar surface area (TPSA) is 81.8 Å². The standard InChI is InChI=1S/C10H20N4O2S2/c1-4-5-6-12-8(15)14(16)7-10(2,3)18-9(17)13(7)11/h7,16H,4-6,11H2,1-3H3,(H,12,15)/t7-/m0/s1. The maximum absolute atomic E-state index is 11.8. The van der Waals surface area contributed by atoms with Crippen LogP contribution in [0.1, 0.15) is 33.6 Å². The maximum Gasteiger partial charge on any atom is 0.343 e. The van der Waals surface area contributed by atoms with E-state index in [0.717, 1.165) is 12.8 Å². The van der Waals surface area contributed by atoms with Gasteiger partial charge in [0.25, 0.3) is 0 Å². The lowest BCUT2D eigenvalue weighted by molar-refractivity contribution is -0.119. The summed E-state index contributed by atoms with van der Waals surface area (Å²) in [6.07, 6.45) is 1.17. The molecule has 1 aliphatic heterocycles. The zero-order valence-corrected chi connectivity index (χ0v) is 12.5. The van der Waals surface area contributed by atoms with Gasteiger partial charge in [-0.1, -0.05) is 37.3 Å². The first-order valence-electron chi connectivity index (χ1n) is 5.84. The van der Waals surface area contributed by atoms with Crippen LogP contribution in [0.15, 0.2) is 0 Å². The number of thioether (sulfide) groups is 1. The molecule has 0 aromatic rings. The Bertz CT molecular complexity index is 338. The van der Waals surface area contributed by atoms with Crippen molar-refractivity contribution in [3.8, 4) is 0 Å². The number of nitrogens with two attached hydrogens (primary N) is 1. The first-order chi connectivity index (χ1) is 8.31. The molecule has 8 heteroatoms. The van der Waals surface area contributed by atoms with E-state index < -0.39 is 16.9 Å². The highest BCUT2D eigenvalue weighted by atomic mass is 32.2. The molecule has 104 valence electrons. The monoisotopic (exact) mass is 292 g/mol. The van der Waals surface area contributed by atoms with E-state index in [1.165, 1.54) is 16.8 Å². The van der Waals surface area contributed by atoms with Gasteiger partial charge >= 0.3 is 6.03 Å². The van der Waals surface area contributed by atoms with Crippen molar-refractivity contribution in [2.75, 3.05) is 6.54 Å². The van der Waals surface area contributed by atoms with Crippen molar-refractivity contribution in [2.24, 2.45) is 5.84 Å². The molecule has 1 fully saturated rings. The predicted octanol–water partition coefficient (Wildman–Crippen LogP) is 1.50. The third-order valence-corrected chi connectivity index (χ3v) is 4.28. The van der Waals surface area contributed by atoms with E-state index >= 15 is 0 Å². The molecule has 0 radical (unpaired) electrons. The van der Waals surface area contributed by atoms with Crippen LogP contribution in [0.2, 0.25) is 0 Å². The molecule has 0 aliphatic carbocycles. The van der Waals surface area contributed by atoms with Crippen LogP contribution < -0.4 is 11.2 Å². The molecule has 1 aliphatic rings. The molecule has 0 spiro atoms. The van der Waals surface area contributed by atoms with Crippen molar-refractivity contribution in [1.29, 1.82) is 0 Å². The smallest absolute Gasteiger partial charge is 0.336 e. The molecule has 1 heterocycles. The summed E-state index contributed by atoms with van der Waals surface area (Å²) in [4.78, 5) is 11.8. The second kappa shape index (κ2) is 6.05. The van der Waals surface area contributed by atoms with E-state index in [4.69, 9.17) is 18.1 Å². The fourth-order valence-corrected chi connectivity index (χ4v) is 3.46. The quantitative estimate of drug-likeness (QED) is 0.239. The Balaban J connectivity index is 2.67. The number of nitrogens with zero attached hydrogens (tertiary/aromatic N) is 2. The molecule has 1 saturated heterocycles. The molecule has 18 heavy (non-hydrogen) atoms. The van der Waals surface area contributed by atoms with Gasteiger partial charge in [-0.3, -0.25) is 10.2 Å². The van der Waals surface area contributed by atoms with Gasteiger partial charge in [-0.15, -0.1) is 0 Å². The molecular weight excluding hydrogens is 272 g/mol. The summed E-state index contributed by atoms with van der Waals surface area (Å²) >= 11 is 6.44. The zero-order valence-electron chi connectivity index (χ0n) is 10.8. The van der Waals surface area contributed by atoms with Gasteiger partial charge in [0.15, 0.2) is 10.5 Å². The summed E-state index contributed by atoms with van der Waals surface area (Å²) in [6, 6.07) is -0.553. The third-order valence-electron chi connectivity index (χ3n) is 2.69. The Hall–Kier alpha value is -0.570. The van der Waals surface area contributed by atoms with Crippen molar-refractivity contribution >= 4 is 34.3 Å². The number of unbranched alkanes of at least 4 members (excludes halogenated alkanes) is 1. The number of carbonyl (C=O) groups is 1. The van der Waals surface area contributed by atoms with E-state index in [1.54, 1.807) is 0 Å². The van der Waals surface area contributed by atoms with Crippen LogP contribution >= 0.6 is 24.0 Å².